The molecule has 0 saturated carbocycles. The summed E-state index contributed by atoms with van der Waals surface area (Å²) < 4.78 is 7.77. The molecule has 2 fully saturated rings. The van der Waals surface area contributed by atoms with Gasteiger partial charge in [-0.15, -0.1) is 0 Å². The second-order valence-corrected chi connectivity index (χ2v) is 8.64. The van der Waals surface area contributed by atoms with E-state index in [1.807, 2.05) is 31.2 Å². The highest BCUT2D eigenvalue weighted by Gasteiger charge is 2.25. The van der Waals surface area contributed by atoms with Gasteiger partial charge in [0.2, 0.25) is 0 Å². The normalized spacial score (nSPS) is 27.2. The van der Waals surface area contributed by atoms with Crippen LogP contribution >= 0.6 is 0 Å². The Labute approximate surface area is 170 Å². The van der Waals surface area contributed by atoms with Gasteiger partial charge >= 0.3 is 0 Å². The molecule has 7 heteroatoms. The molecule has 3 rings (SSSR count). The van der Waals surface area contributed by atoms with Crippen LogP contribution in [-0.2, 0) is 11.8 Å². The summed E-state index contributed by atoms with van der Waals surface area (Å²) in [7, 11) is 3.81. The van der Waals surface area contributed by atoms with Gasteiger partial charge < -0.3 is 19.9 Å². The van der Waals surface area contributed by atoms with Crippen molar-refractivity contribution in [3.8, 4) is 0 Å². The fraction of sp³-hybridized carbons (Fsp3) is 0.810. The van der Waals surface area contributed by atoms with Crippen molar-refractivity contribution in [2.24, 2.45) is 23.9 Å². The van der Waals surface area contributed by atoms with Crippen LogP contribution in [0.1, 0.15) is 44.8 Å². The largest absolute Gasteiger partial charge is 0.370 e. The molecule has 0 aromatic carbocycles. The zero-order chi connectivity index (χ0) is 19.9. The van der Waals surface area contributed by atoms with Crippen molar-refractivity contribution in [2.75, 3.05) is 52.9 Å². The highest BCUT2D eigenvalue weighted by Crippen LogP contribution is 2.22. The third-order valence-corrected chi connectivity index (χ3v) is 5.80. The van der Waals surface area contributed by atoms with Gasteiger partial charge in [0.05, 0.1) is 19.3 Å². The van der Waals surface area contributed by atoms with E-state index in [1.54, 1.807) is 0 Å². The van der Waals surface area contributed by atoms with E-state index in [4.69, 9.17) is 4.74 Å². The van der Waals surface area contributed by atoms with E-state index >= 15 is 0 Å². The van der Waals surface area contributed by atoms with Crippen molar-refractivity contribution in [3.63, 3.8) is 0 Å². The van der Waals surface area contributed by atoms with Gasteiger partial charge in [-0.2, -0.15) is 5.10 Å². The smallest absolute Gasteiger partial charge is 0.193 e. The lowest BCUT2D eigenvalue weighted by atomic mass is 9.92. The average Bonchev–Trinajstić information content (AvgIpc) is 3.10. The lowest BCUT2D eigenvalue weighted by Gasteiger charge is -2.35. The quantitative estimate of drug-likeness (QED) is 0.458. The van der Waals surface area contributed by atoms with Crippen molar-refractivity contribution in [2.45, 2.75) is 39.2 Å². The fourth-order valence-electron chi connectivity index (χ4n) is 4.62. The number of ether oxygens (including phenoxy) is 1. The minimum Gasteiger partial charge on any atom is -0.370 e. The molecule has 1 aromatic rings. The molecular formula is C21H38N6O. The van der Waals surface area contributed by atoms with E-state index in [0.717, 1.165) is 43.0 Å². The Morgan fingerprint density at radius 2 is 2.04 bits per heavy atom. The molecule has 158 valence electrons. The van der Waals surface area contributed by atoms with Gasteiger partial charge in [0.1, 0.15) is 6.10 Å². The Morgan fingerprint density at radius 1 is 1.25 bits per heavy atom. The number of nitrogens with one attached hydrogen (secondary N) is 1. The molecule has 0 amide bonds. The topological polar surface area (TPSA) is 57.9 Å². The monoisotopic (exact) mass is 390 g/mol. The lowest BCUT2D eigenvalue weighted by molar-refractivity contribution is -0.00802. The van der Waals surface area contributed by atoms with E-state index in [0.29, 0.717) is 6.61 Å². The molecule has 1 N–H and O–H groups in total. The zero-order valence-electron chi connectivity index (χ0n) is 18.1. The fourth-order valence-corrected chi connectivity index (χ4v) is 4.62. The van der Waals surface area contributed by atoms with E-state index in [9.17, 15) is 0 Å². The van der Waals surface area contributed by atoms with Crippen molar-refractivity contribution in [1.82, 2.24) is 24.9 Å². The Bertz CT molecular complexity index is 620. The van der Waals surface area contributed by atoms with Crippen molar-refractivity contribution < 1.29 is 4.74 Å². The number of hydrogen-bond donors (Lipinski definition) is 1. The Kier molecular flexibility index (Phi) is 7.73. The van der Waals surface area contributed by atoms with Gasteiger partial charge in [0.25, 0.3) is 0 Å². The summed E-state index contributed by atoms with van der Waals surface area (Å²) in [5, 5.41) is 7.82. The number of nitrogens with zero attached hydrogens (tertiary/aromatic N) is 5. The third-order valence-electron chi connectivity index (χ3n) is 5.80. The molecule has 1 aromatic heterocycles. The maximum atomic E-state index is 5.95. The minimum atomic E-state index is 0.0593. The first-order chi connectivity index (χ1) is 13.5. The molecule has 3 atom stereocenters. The number of likely N-dealkylation sites (tertiary alicyclic amines) is 1. The molecular weight excluding hydrogens is 352 g/mol. The first-order valence-electron chi connectivity index (χ1n) is 10.8. The van der Waals surface area contributed by atoms with Crippen LogP contribution in [0.5, 0.6) is 0 Å². The molecule has 0 aliphatic carbocycles. The van der Waals surface area contributed by atoms with Crippen molar-refractivity contribution in [1.29, 1.82) is 0 Å². The van der Waals surface area contributed by atoms with Crippen LogP contribution in [-0.4, -0.2) is 78.5 Å². The molecule has 3 unspecified atom stereocenters. The van der Waals surface area contributed by atoms with Crippen molar-refractivity contribution in [3.05, 3.63) is 18.0 Å². The van der Waals surface area contributed by atoms with Crippen LogP contribution < -0.4 is 5.32 Å². The van der Waals surface area contributed by atoms with Crippen LogP contribution in [0.3, 0.4) is 0 Å². The van der Waals surface area contributed by atoms with Crippen LogP contribution in [0.25, 0.3) is 0 Å². The van der Waals surface area contributed by atoms with E-state index in [-0.39, 0.29) is 6.10 Å². The molecule has 3 heterocycles. The van der Waals surface area contributed by atoms with E-state index < -0.39 is 0 Å². The number of piperidine rings is 1. The van der Waals surface area contributed by atoms with Crippen LogP contribution in [0.4, 0.5) is 0 Å². The number of aliphatic imine (C=N–C) groups is 1. The number of aromatic nitrogens is 2. The number of rotatable bonds is 6. The third kappa shape index (κ3) is 5.95. The highest BCUT2D eigenvalue weighted by molar-refractivity contribution is 5.80. The maximum Gasteiger partial charge on any atom is 0.193 e. The van der Waals surface area contributed by atoms with Gasteiger partial charge in [-0.3, -0.25) is 9.67 Å². The Hall–Kier alpha value is -1.60. The SMILES string of the molecule is CN=C(NCCCCN1CC(C)CC(C)C1)N1CCOC(c2cnn(C)c2)C1. The number of hydrogen-bond acceptors (Lipinski definition) is 4. The summed E-state index contributed by atoms with van der Waals surface area (Å²) in [5.41, 5.74) is 1.13. The lowest BCUT2D eigenvalue weighted by Crippen LogP contribution is -2.48. The van der Waals surface area contributed by atoms with Crippen LogP contribution in [0, 0.1) is 11.8 Å². The van der Waals surface area contributed by atoms with E-state index in [1.165, 1.54) is 38.9 Å². The summed E-state index contributed by atoms with van der Waals surface area (Å²) in [6, 6.07) is 0. The summed E-state index contributed by atoms with van der Waals surface area (Å²) in [5.74, 6) is 2.67. The summed E-state index contributed by atoms with van der Waals surface area (Å²) in [6.07, 6.45) is 7.79. The molecule has 0 radical (unpaired) electrons. The predicted octanol–water partition coefficient (Wildman–Crippen LogP) is 2.13. The zero-order valence-corrected chi connectivity index (χ0v) is 18.1. The Morgan fingerprint density at radius 3 is 2.71 bits per heavy atom. The summed E-state index contributed by atoms with van der Waals surface area (Å²) in [6.45, 7) is 11.9. The van der Waals surface area contributed by atoms with Gasteiger partial charge in [-0.05, 0) is 37.6 Å². The van der Waals surface area contributed by atoms with Crippen LogP contribution in [0.15, 0.2) is 17.4 Å². The molecule has 0 bridgehead atoms. The predicted molar refractivity (Wildman–Crippen MR) is 113 cm³/mol. The number of morpholine rings is 1. The molecule has 2 aliphatic heterocycles. The molecule has 7 nitrogen and oxygen atoms in total. The Balaban J connectivity index is 1.38. The second kappa shape index (κ2) is 10.3. The van der Waals surface area contributed by atoms with E-state index in [2.05, 4.69) is 39.1 Å². The van der Waals surface area contributed by atoms with Gasteiger partial charge in [-0.25, -0.2) is 0 Å². The van der Waals surface area contributed by atoms with Gasteiger partial charge in [0, 0.05) is 52.0 Å². The standard InChI is InChI=1S/C21H38N6O/c1-17-11-18(2)14-26(13-17)8-6-5-7-23-21(22-3)27-9-10-28-20(16-27)19-12-24-25(4)15-19/h12,15,17-18,20H,5-11,13-14,16H2,1-4H3,(H,22,23). The highest BCUT2D eigenvalue weighted by atomic mass is 16.5. The second-order valence-electron chi connectivity index (χ2n) is 8.64. The van der Waals surface area contributed by atoms with Crippen molar-refractivity contribution >= 4 is 5.96 Å². The van der Waals surface area contributed by atoms with Crippen LogP contribution in [0.2, 0.25) is 0 Å². The molecule has 2 aliphatic rings. The number of aryl methyl sites for hydroxylation is 1. The minimum absolute atomic E-state index is 0.0593. The van der Waals surface area contributed by atoms with Gasteiger partial charge in [-0.1, -0.05) is 13.8 Å². The number of guanidine groups is 1. The average molecular weight is 391 g/mol. The van der Waals surface area contributed by atoms with Gasteiger partial charge in [0.15, 0.2) is 5.96 Å². The molecule has 2 saturated heterocycles. The molecule has 0 spiro atoms. The first-order valence-corrected chi connectivity index (χ1v) is 10.8. The molecule has 28 heavy (non-hydrogen) atoms. The summed E-state index contributed by atoms with van der Waals surface area (Å²) in [4.78, 5) is 9.44. The first kappa shape index (κ1) is 21.1. The number of unbranched alkanes of at least 4 members (excludes halogenated alkanes) is 1. The summed E-state index contributed by atoms with van der Waals surface area (Å²) >= 11 is 0. The maximum absolute atomic E-state index is 5.95.